The zero-order valence-corrected chi connectivity index (χ0v) is 10.3. The molecule has 0 heterocycles. The first kappa shape index (κ1) is 10.8. The average Bonchev–Trinajstić information content (AvgIpc) is 2.42. The van der Waals surface area contributed by atoms with Crippen molar-refractivity contribution in [3.63, 3.8) is 0 Å². The topological polar surface area (TPSA) is 9.23 Å². The van der Waals surface area contributed by atoms with Crippen molar-refractivity contribution >= 4 is 11.8 Å². The van der Waals surface area contributed by atoms with Gasteiger partial charge in [-0.2, -0.15) is 0 Å². The summed E-state index contributed by atoms with van der Waals surface area (Å²) in [5, 5.41) is 4.82. The van der Waals surface area contributed by atoms with Gasteiger partial charge in [-0.25, -0.2) is 0 Å². The van der Waals surface area contributed by atoms with Gasteiger partial charge in [0.15, 0.2) is 0 Å². The molecule has 0 saturated carbocycles. The lowest BCUT2D eigenvalue weighted by molar-refractivity contribution is 0.370. The van der Waals surface area contributed by atoms with E-state index >= 15 is 0 Å². The van der Waals surface area contributed by atoms with Gasteiger partial charge >= 0.3 is 0 Å². The second-order valence-electron chi connectivity index (χ2n) is 4.23. The number of fused-ring (bicyclic) bond motifs is 2. The molecule has 1 aliphatic carbocycles. The van der Waals surface area contributed by atoms with Crippen molar-refractivity contribution in [1.29, 1.82) is 0 Å². The number of hydrogen-bond acceptors (Lipinski definition) is 1. The van der Waals surface area contributed by atoms with Gasteiger partial charge in [0.25, 0.3) is 0 Å². The molecule has 0 fully saturated rings. The molecule has 0 aromatic heterocycles. The molecule has 1 nitrogen and oxygen atoms in total. The van der Waals surface area contributed by atoms with Crippen LogP contribution in [0, 0.1) is 10.4 Å². The van der Waals surface area contributed by atoms with E-state index in [0.29, 0.717) is 0 Å². The van der Waals surface area contributed by atoms with Gasteiger partial charge in [0, 0.05) is 5.22 Å². The van der Waals surface area contributed by atoms with Crippen LogP contribution in [0.25, 0.3) is 11.8 Å². The second-order valence-corrected chi connectivity index (χ2v) is 4.23. The Morgan fingerprint density at radius 2 is 1.44 bits per heavy atom. The summed E-state index contributed by atoms with van der Waals surface area (Å²) in [6, 6.07) is 16.8. The fraction of sp³-hybridized carbons (Fsp3) is 0.0588. The van der Waals surface area contributed by atoms with E-state index in [9.17, 15) is 0 Å². The molecular formula is C17H14O. The lowest BCUT2D eigenvalue weighted by atomic mass is 10.1. The first-order chi connectivity index (χ1) is 8.90. The highest BCUT2D eigenvalue weighted by Crippen LogP contribution is 2.01. The van der Waals surface area contributed by atoms with E-state index in [-0.39, 0.29) is 0 Å². The molecule has 18 heavy (non-hydrogen) atoms. The van der Waals surface area contributed by atoms with Crippen LogP contribution in [0.3, 0.4) is 0 Å². The summed E-state index contributed by atoms with van der Waals surface area (Å²) in [5.41, 5.74) is 0. The Morgan fingerprint density at radius 3 is 2.22 bits per heavy atom. The van der Waals surface area contributed by atoms with Gasteiger partial charge in [-0.15, -0.1) is 0 Å². The molecule has 2 aromatic carbocycles. The van der Waals surface area contributed by atoms with Gasteiger partial charge in [-0.1, -0.05) is 60.7 Å². The number of allylic oxidation sites excluding steroid dienone is 1. The third-order valence-electron chi connectivity index (χ3n) is 3.19. The maximum atomic E-state index is 5.48. The Hall–Kier alpha value is -2.28. The van der Waals surface area contributed by atoms with Crippen molar-refractivity contribution in [2.75, 3.05) is 7.11 Å². The molecule has 0 bridgehead atoms. The van der Waals surface area contributed by atoms with Crippen LogP contribution in [0.15, 0.2) is 60.7 Å². The van der Waals surface area contributed by atoms with E-state index < -0.39 is 0 Å². The minimum atomic E-state index is 0.899. The monoisotopic (exact) mass is 234 g/mol. The summed E-state index contributed by atoms with van der Waals surface area (Å²) in [6.07, 6.45) is 6.16. The number of ether oxygens (including phenoxy) is 1. The number of methoxy groups -OCH3 is 1. The fourth-order valence-electron chi connectivity index (χ4n) is 2.33. The van der Waals surface area contributed by atoms with Gasteiger partial charge in [0.2, 0.25) is 0 Å². The van der Waals surface area contributed by atoms with E-state index in [2.05, 4.69) is 48.5 Å². The zero-order chi connectivity index (χ0) is 12.4. The molecular weight excluding hydrogens is 220 g/mol. The second kappa shape index (κ2) is 4.53. The van der Waals surface area contributed by atoms with Crippen LogP contribution >= 0.6 is 0 Å². The number of benzene rings is 2. The van der Waals surface area contributed by atoms with Crippen LogP contribution in [0.2, 0.25) is 0 Å². The van der Waals surface area contributed by atoms with Crippen molar-refractivity contribution < 1.29 is 4.74 Å². The molecule has 0 saturated heterocycles. The molecule has 0 atom stereocenters. The molecule has 1 heteroatoms. The Balaban J connectivity index is 2.71. The summed E-state index contributed by atoms with van der Waals surface area (Å²) in [5.74, 6) is 0.899. The summed E-state index contributed by atoms with van der Waals surface area (Å²) < 4.78 is 5.48. The molecule has 0 N–H and O–H groups in total. The average molecular weight is 234 g/mol. The first-order valence-corrected chi connectivity index (χ1v) is 6.01. The van der Waals surface area contributed by atoms with Gasteiger partial charge < -0.3 is 4.74 Å². The van der Waals surface area contributed by atoms with E-state index in [0.717, 1.165) is 11.0 Å². The van der Waals surface area contributed by atoms with Crippen molar-refractivity contribution in [1.82, 2.24) is 0 Å². The third-order valence-corrected chi connectivity index (χ3v) is 3.19. The van der Waals surface area contributed by atoms with Crippen LogP contribution in [-0.2, 0) is 4.74 Å². The molecule has 0 aliphatic heterocycles. The molecule has 0 amide bonds. The molecule has 1 aliphatic rings. The summed E-state index contributed by atoms with van der Waals surface area (Å²) in [7, 11) is 1.71. The highest BCUT2D eigenvalue weighted by atomic mass is 16.5. The zero-order valence-electron chi connectivity index (χ0n) is 10.3. The van der Waals surface area contributed by atoms with Crippen molar-refractivity contribution in [3.05, 3.63) is 81.6 Å². The number of hydrogen-bond donors (Lipinski definition) is 0. The minimum Gasteiger partial charge on any atom is -0.496 e. The van der Waals surface area contributed by atoms with Crippen molar-refractivity contribution in [3.8, 4) is 0 Å². The van der Waals surface area contributed by atoms with Crippen LogP contribution in [0.5, 0.6) is 0 Å². The van der Waals surface area contributed by atoms with Gasteiger partial charge in [0.1, 0.15) is 5.76 Å². The number of rotatable bonds is 1. The Morgan fingerprint density at radius 1 is 0.778 bits per heavy atom. The molecule has 0 unspecified atom stereocenters. The highest BCUT2D eigenvalue weighted by molar-refractivity contribution is 5.56. The minimum absolute atomic E-state index is 0.899. The molecule has 0 radical (unpaired) electrons. The largest absolute Gasteiger partial charge is 0.496 e. The van der Waals surface area contributed by atoms with Crippen molar-refractivity contribution in [2.24, 2.45) is 0 Å². The van der Waals surface area contributed by atoms with Gasteiger partial charge in [-0.3, -0.25) is 0 Å². The molecule has 88 valence electrons. The molecule has 3 rings (SSSR count). The lowest BCUT2D eigenvalue weighted by Gasteiger charge is -2.03. The van der Waals surface area contributed by atoms with Crippen LogP contribution in [0.1, 0.15) is 0 Å². The lowest BCUT2D eigenvalue weighted by Crippen LogP contribution is -2.13. The van der Waals surface area contributed by atoms with E-state index in [4.69, 9.17) is 4.74 Å². The van der Waals surface area contributed by atoms with E-state index in [1.807, 2.05) is 18.2 Å². The normalized spacial score (nSPS) is 21.5. The maximum Gasteiger partial charge on any atom is 0.126 e. The Labute approximate surface area is 106 Å². The standard InChI is InChI=1S/C17H14O/c1-18-17-12-6-8-13-7-2-3-9-14(13)15-10-4-5-11-16(15)17/h2-12H,1H3/b8-6?,12-6-,13-8-,15-14-,17-12?,17-16+. The molecule has 0 spiro atoms. The fourth-order valence-corrected chi connectivity index (χ4v) is 2.33. The van der Waals surface area contributed by atoms with Crippen LogP contribution in [-0.4, -0.2) is 7.11 Å². The quantitative estimate of drug-likeness (QED) is 0.734. The van der Waals surface area contributed by atoms with E-state index in [1.54, 1.807) is 7.11 Å². The summed E-state index contributed by atoms with van der Waals surface area (Å²) in [6.45, 7) is 0. The van der Waals surface area contributed by atoms with Crippen LogP contribution in [0.4, 0.5) is 0 Å². The summed E-state index contributed by atoms with van der Waals surface area (Å²) >= 11 is 0. The van der Waals surface area contributed by atoms with Crippen LogP contribution < -0.4 is 10.4 Å². The maximum absolute atomic E-state index is 5.48. The first-order valence-electron chi connectivity index (χ1n) is 6.01. The smallest absolute Gasteiger partial charge is 0.126 e. The van der Waals surface area contributed by atoms with Crippen molar-refractivity contribution in [2.45, 2.75) is 0 Å². The molecule has 2 aromatic rings. The van der Waals surface area contributed by atoms with Gasteiger partial charge in [0.05, 0.1) is 7.11 Å². The predicted octanol–water partition coefficient (Wildman–Crippen LogP) is 2.08. The van der Waals surface area contributed by atoms with E-state index in [1.165, 1.54) is 15.7 Å². The Bertz CT molecular complexity index is 813. The highest BCUT2D eigenvalue weighted by Gasteiger charge is 1.97. The predicted molar refractivity (Wildman–Crippen MR) is 73.8 cm³/mol. The summed E-state index contributed by atoms with van der Waals surface area (Å²) in [4.78, 5) is 0. The van der Waals surface area contributed by atoms with Gasteiger partial charge in [-0.05, 0) is 21.7 Å². The third kappa shape index (κ3) is 1.74. The SMILES string of the molecule is COC1=c2\cccc\c2=c2/cccc/c2=C/C=C\1. The Kier molecular flexibility index (Phi) is 2.73.